The fourth-order valence-electron chi connectivity index (χ4n) is 5.71. The highest BCUT2D eigenvalue weighted by Crippen LogP contribution is 2.36. The zero-order valence-electron chi connectivity index (χ0n) is 22.8. The second-order valence-corrected chi connectivity index (χ2v) is 11.1. The molecule has 4 aromatic rings. The number of hydrogen-bond acceptors (Lipinski definition) is 8. The van der Waals surface area contributed by atoms with Gasteiger partial charge in [-0.25, -0.2) is 9.37 Å². The fraction of sp³-hybridized carbons (Fsp3) is 0.429. The molecule has 0 spiro atoms. The van der Waals surface area contributed by atoms with Gasteiger partial charge < -0.3 is 15.0 Å². The molecule has 2 aliphatic rings. The van der Waals surface area contributed by atoms with Gasteiger partial charge >= 0.3 is 12.2 Å². The molecule has 42 heavy (non-hydrogen) atoms. The number of fused-ring (bicyclic) bond motifs is 2. The molecule has 0 bridgehead atoms. The molecule has 0 amide bonds. The van der Waals surface area contributed by atoms with E-state index in [1.807, 2.05) is 11.8 Å². The van der Waals surface area contributed by atoms with Gasteiger partial charge in [0.05, 0.1) is 10.7 Å². The molecule has 0 saturated carbocycles. The van der Waals surface area contributed by atoms with E-state index in [0.717, 1.165) is 0 Å². The van der Waals surface area contributed by atoms with Crippen molar-refractivity contribution in [2.75, 3.05) is 44.7 Å². The van der Waals surface area contributed by atoms with Crippen LogP contribution >= 0.6 is 11.6 Å². The molecule has 0 aliphatic carbocycles. The second kappa shape index (κ2) is 10.9. The quantitative estimate of drug-likeness (QED) is 0.339. The van der Waals surface area contributed by atoms with Crippen molar-refractivity contribution in [1.29, 1.82) is 0 Å². The van der Waals surface area contributed by atoms with Gasteiger partial charge in [-0.1, -0.05) is 35.9 Å². The molecule has 9 nitrogen and oxygen atoms in total. The lowest BCUT2D eigenvalue weighted by Crippen LogP contribution is -2.50. The summed E-state index contributed by atoms with van der Waals surface area (Å²) in [5.74, 6) is -1.35. The predicted octanol–water partition coefficient (Wildman–Crippen LogP) is 4.22. The van der Waals surface area contributed by atoms with Crippen molar-refractivity contribution in [2.24, 2.45) is 0 Å². The third-order valence-electron chi connectivity index (χ3n) is 7.82. The Morgan fingerprint density at radius 1 is 1.12 bits per heavy atom. The van der Waals surface area contributed by atoms with E-state index in [2.05, 4.69) is 20.3 Å². The smallest absolute Gasteiger partial charge is 0.450 e. The minimum absolute atomic E-state index is 0.0418. The molecule has 14 heteroatoms. The third-order valence-corrected chi connectivity index (χ3v) is 8.14. The van der Waals surface area contributed by atoms with Gasteiger partial charge in [0.25, 0.3) is 5.56 Å². The van der Waals surface area contributed by atoms with Gasteiger partial charge in [0.1, 0.15) is 18.3 Å². The largest absolute Gasteiger partial charge is 0.462 e. The Bertz CT molecular complexity index is 1710. The molecule has 6 rings (SSSR count). The van der Waals surface area contributed by atoms with Crippen molar-refractivity contribution in [3.8, 4) is 11.7 Å². The second-order valence-electron chi connectivity index (χ2n) is 10.7. The highest BCUT2D eigenvalue weighted by molar-refractivity contribution is 6.36. The minimum atomic E-state index is -5.01. The molecule has 1 N–H and O–H groups in total. The average molecular weight is 606 g/mol. The summed E-state index contributed by atoms with van der Waals surface area (Å²) in [6.45, 7) is 3.70. The number of alkyl halides is 4. The first-order valence-electron chi connectivity index (χ1n) is 13.6. The van der Waals surface area contributed by atoms with Gasteiger partial charge in [-0.2, -0.15) is 23.1 Å². The number of nitrogens with one attached hydrogen (secondary N) is 1. The number of piperazine rings is 1. The summed E-state index contributed by atoms with van der Waals surface area (Å²) in [7, 11) is 1.78. The maximum absolute atomic E-state index is 14.7. The number of likely N-dealkylation sites (N-methyl/N-ethyl adjacent to an activating group) is 1. The van der Waals surface area contributed by atoms with Crippen molar-refractivity contribution in [1.82, 2.24) is 29.7 Å². The summed E-state index contributed by atoms with van der Waals surface area (Å²) in [6, 6.07) is 8.91. The van der Waals surface area contributed by atoms with E-state index in [4.69, 9.17) is 16.3 Å². The van der Waals surface area contributed by atoms with Gasteiger partial charge in [-0.15, -0.1) is 0 Å². The van der Waals surface area contributed by atoms with Crippen LogP contribution in [0.2, 0.25) is 5.02 Å². The zero-order valence-corrected chi connectivity index (χ0v) is 23.6. The molecular formula is C28H28ClF4N7O2. The molecule has 2 aromatic heterocycles. The number of ether oxygens (including phenoxy) is 1. The molecule has 2 fully saturated rings. The lowest BCUT2D eigenvalue weighted by atomic mass is 10.1. The lowest BCUT2D eigenvalue weighted by Gasteiger charge is -2.35. The minimum Gasteiger partial charge on any atom is -0.462 e. The van der Waals surface area contributed by atoms with Gasteiger partial charge in [0, 0.05) is 43.6 Å². The number of aromatic nitrogens is 4. The number of nitrogens with zero attached hydrogens (tertiary/aromatic N) is 6. The topological polar surface area (TPSA) is 88.4 Å². The van der Waals surface area contributed by atoms with E-state index in [1.54, 1.807) is 42.3 Å². The standard InChI is InChI=1S/C28H28ClF4N7O2/c1-15-12-34-9-10-39(15)24-22-23(36-27(37-24)42-14-18-11-17(30)13-38(18)2)25(41)40(26(35-22)28(31,32)33)20-8-4-6-16-5-3-7-19(29)21(16)20/h3-8,15,17-18,34H,9-14H2,1-2H3/t15-,17+,18-/m0/s1. The number of rotatable bonds is 5. The van der Waals surface area contributed by atoms with Crippen molar-refractivity contribution < 1.29 is 22.3 Å². The molecule has 0 radical (unpaired) electrons. The number of benzene rings is 2. The van der Waals surface area contributed by atoms with E-state index >= 15 is 0 Å². The van der Waals surface area contributed by atoms with Crippen molar-refractivity contribution in [3.05, 3.63) is 57.6 Å². The normalized spacial score (nSPS) is 21.9. The van der Waals surface area contributed by atoms with Crippen LogP contribution in [-0.2, 0) is 6.18 Å². The number of hydrogen-bond donors (Lipinski definition) is 1. The van der Waals surface area contributed by atoms with Crippen LogP contribution in [0.25, 0.3) is 27.5 Å². The maximum atomic E-state index is 14.7. The molecule has 222 valence electrons. The van der Waals surface area contributed by atoms with E-state index < -0.39 is 23.7 Å². The van der Waals surface area contributed by atoms with Gasteiger partial charge in [-0.05, 0) is 37.9 Å². The summed E-state index contributed by atoms with van der Waals surface area (Å²) >= 11 is 6.44. The summed E-state index contributed by atoms with van der Waals surface area (Å²) in [5.41, 5.74) is -1.74. The average Bonchev–Trinajstić information content (AvgIpc) is 3.27. The van der Waals surface area contributed by atoms with Crippen molar-refractivity contribution in [2.45, 2.75) is 37.8 Å². The van der Waals surface area contributed by atoms with E-state index in [0.29, 0.717) is 29.6 Å². The molecule has 3 atom stereocenters. The molecule has 2 aliphatic heterocycles. The molecule has 2 aromatic carbocycles. The van der Waals surface area contributed by atoms with Crippen LogP contribution in [0, 0.1) is 0 Å². The Labute approximate surface area is 243 Å². The Morgan fingerprint density at radius 3 is 2.57 bits per heavy atom. The van der Waals surface area contributed by atoms with Gasteiger partial charge in [-0.3, -0.25) is 14.3 Å². The first-order chi connectivity index (χ1) is 20.0. The Hall–Kier alpha value is -3.55. The van der Waals surface area contributed by atoms with Crippen LogP contribution in [0.1, 0.15) is 19.2 Å². The van der Waals surface area contributed by atoms with Crippen molar-refractivity contribution >= 4 is 39.2 Å². The summed E-state index contributed by atoms with van der Waals surface area (Å²) in [6.07, 6.45) is -5.74. The maximum Gasteiger partial charge on any atom is 0.450 e. The van der Waals surface area contributed by atoms with E-state index in [9.17, 15) is 22.4 Å². The number of anilines is 1. The Kier molecular flexibility index (Phi) is 7.44. The fourth-order valence-corrected chi connectivity index (χ4v) is 5.99. The number of halogens is 5. The van der Waals surface area contributed by atoms with E-state index in [-0.39, 0.29) is 70.6 Å². The van der Waals surface area contributed by atoms with Crippen molar-refractivity contribution in [3.63, 3.8) is 0 Å². The predicted molar refractivity (Wildman–Crippen MR) is 152 cm³/mol. The first kappa shape index (κ1) is 28.6. The third kappa shape index (κ3) is 5.13. The number of likely N-dealkylation sites (tertiary alicyclic amines) is 1. The van der Waals surface area contributed by atoms with Gasteiger partial charge in [0.15, 0.2) is 11.3 Å². The Balaban J connectivity index is 1.60. The zero-order chi connectivity index (χ0) is 29.8. The van der Waals surface area contributed by atoms with Crippen LogP contribution in [0.4, 0.5) is 23.4 Å². The van der Waals surface area contributed by atoms with Crippen LogP contribution in [0.3, 0.4) is 0 Å². The van der Waals surface area contributed by atoms with Crippen LogP contribution in [0.15, 0.2) is 41.2 Å². The molecule has 0 unspecified atom stereocenters. The molecular weight excluding hydrogens is 578 g/mol. The van der Waals surface area contributed by atoms with Crippen LogP contribution in [-0.4, -0.2) is 82.5 Å². The lowest BCUT2D eigenvalue weighted by molar-refractivity contribution is -0.146. The first-order valence-corrected chi connectivity index (χ1v) is 13.9. The summed E-state index contributed by atoms with van der Waals surface area (Å²) < 4.78 is 64.3. The van der Waals surface area contributed by atoms with Crippen LogP contribution < -0.4 is 20.5 Å². The summed E-state index contributed by atoms with van der Waals surface area (Å²) in [5, 5.41) is 4.23. The highest BCUT2D eigenvalue weighted by atomic mass is 35.5. The monoisotopic (exact) mass is 605 g/mol. The molecule has 2 saturated heterocycles. The SMILES string of the molecule is C[C@H]1CNCCN1c1nc(OC[C@@H]2C[C@@H](F)CN2C)nc2c(=O)n(-c3cccc4cccc(Cl)c34)c(C(F)(F)F)nc12. The summed E-state index contributed by atoms with van der Waals surface area (Å²) in [4.78, 5) is 30.5. The van der Waals surface area contributed by atoms with Gasteiger partial charge in [0.2, 0.25) is 5.82 Å². The highest BCUT2D eigenvalue weighted by Gasteiger charge is 2.40. The van der Waals surface area contributed by atoms with Crippen LogP contribution in [0.5, 0.6) is 6.01 Å². The Morgan fingerprint density at radius 2 is 1.88 bits per heavy atom. The van der Waals surface area contributed by atoms with E-state index in [1.165, 1.54) is 6.07 Å². The molecule has 4 heterocycles.